The fraction of sp³-hybridized carbons (Fsp3) is 0.429. The zero-order valence-electron chi connectivity index (χ0n) is 15.3. The molecule has 1 aromatic carbocycles. The van der Waals surface area contributed by atoms with Gasteiger partial charge in [0.15, 0.2) is 0 Å². The van der Waals surface area contributed by atoms with Gasteiger partial charge in [-0.25, -0.2) is 0 Å². The number of benzene rings is 1. The fourth-order valence-corrected chi connectivity index (χ4v) is 4.33. The number of carbonyl (C=O) groups excluding carboxylic acids is 2. The number of hydrogen-bond donors (Lipinski definition) is 3. The number of hydrogen-bond acceptors (Lipinski definition) is 4. The highest BCUT2D eigenvalue weighted by Gasteiger charge is 2.20. The molecule has 1 heterocycles. The Morgan fingerprint density at radius 3 is 2.41 bits per heavy atom. The van der Waals surface area contributed by atoms with E-state index in [1.54, 1.807) is 0 Å². The van der Waals surface area contributed by atoms with Gasteiger partial charge in [0.25, 0.3) is 0 Å². The van der Waals surface area contributed by atoms with E-state index in [-0.39, 0.29) is 12.6 Å². The van der Waals surface area contributed by atoms with Crippen LogP contribution in [0.3, 0.4) is 0 Å². The van der Waals surface area contributed by atoms with E-state index in [1.807, 2.05) is 42.5 Å². The molecule has 1 aliphatic rings. The number of aliphatic hydroxyl groups is 1. The molecule has 0 spiro atoms. The molecule has 2 amide bonds. The first-order valence-corrected chi connectivity index (χ1v) is 10.4. The smallest absolute Gasteiger partial charge is 0.309 e. The minimum Gasteiger partial charge on any atom is -0.383 e. The van der Waals surface area contributed by atoms with E-state index in [4.69, 9.17) is 0 Å². The third kappa shape index (κ3) is 5.65. The lowest BCUT2D eigenvalue weighted by Gasteiger charge is -2.15. The molecule has 0 bridgehead atoms. The molecule has 1 saturated carbocycles. The summed E-state index contributed by atoms with van der Waals surface area (Å²) in [5.41, 5.74) is 0.831. The van der Waals surface area contributed by atoms with Crippen molar-refractivity contribution in [2.75, 3.05) is 0 Å². The summed E-state index contributed by atoms with van der Waals surface area (Å²) in [6, 6.07) is 13.3. The average Bonchev–Trinajstić information content (AvgIpc) is 3.02. The van der Waals surface area contributed by atoms with Crippen LogP contribution in [-0.2, 0) is 16.1 Å². The van der Waals surface area contributed by atoms with Crippen LogP contribution in [-0.4, -0.2) is 23.0 Å². The minimum absolute atomic E-state index is 0.111. The number of rotatable bonds is 5. The molecule has 5 nitrogen and oxygen atoms in total. The zero-order chi connectivity index (χ0) is 19.1. The normalized spacial score (nSPS) is 16.3. The van der Waals surface area contributed by atoms with Gasteiger partial charge in [-0.1, -0.05) is 56.0 Å². The lowest BCUT2D eigenvalue weighted by Crippen LogP contribution is -2.44. The van der Waals surface area contributed by atoms with Crippen LogP contribution < -0.4 is 10.6 Å². The third-order valence-electron chi connectivity index (χ3n) is 4.89. The molecule has 0 aliphatic heterocycles. The van der Waals surface area contributed by atoms with Crippen LogP contribution in [0.1, 0.15) is 59.9 Å². The molecule has 1 atom stereocenters. The molecule has 0 radical (unpaired) electrons. The van der Waals surface area contributed by atoms with Crippen LogP contribution in [0.5, 0.6) is 0 Å². The average molecular weight is 387 g/mol. The van der Waals surface area contributed by atoms with Gasteiger partial charge in [0.2, 0.25) is 0 Å². The molecule has 2 aromatic rings. The minimum atomic E-state index is -0.681. The summed E-state index contributed by atoms with van der Waals surface area (Å²) < 4.78 is 0. The molecule has 144 valence electrons. The summed E-state index contributed by atoms with van der Waals surface area (Å²) in [5.74, 6) is -1.15. The van der Waals surface area contributed by atoms with Gasteiger partial charge in [-0.05, 0) is 30.5 Å². The first kappa shape index (κ1) is 19.6. The van der Waals surface area contributed by atoms with Crippen molar-refractivity contribution in [3.63, 3.8) is 0 Å². The predicted octanol–water partition coefficient (Wildman–Crippen LogP) is 3.29. The van der Waals surface area contributed by atoms with Gasteiger partial charge in [0.05, 0.1) is 6.54 Å². The zero-order valence-corrected chi connectivity index (χ0v) is 16.1. The summed E-state index contributed by atoms with van der Waals surface area (Å²) in [7, 11) is 0. The quantitative estimate of drug-likeness (QED) is 0.545. The van der Waals surface area contributed by atoms with E-state index >= 15 is 0 Å². The second kappa shape index (κ2) is 9.67. The number of nitrogens with one attached hydrogen (secondary N) is 2. The van der Waals surface area contributed by atoms with Crippen LogP contribution in [0.2, 0.25) is 0 Å². The SMILES string of the molecule is O=C(NCc1ccc(C(O)c2ccccc2)s1)C(=O)NC1CCCCCC1. The topological polar surface area (TPSA) is 78.4 Å². The standard InChI is InChI=1S/C21H26N2O3S/c24-19(15-8-4-3-5-9-15)18-13-12-17(27-18)14-22-20(25)21(26)23-16-10-6-1-2-7-11-16/h3-5,8-9,12-13,16,19,24H,1-2,6-7,10-11,14H2,(H,22,25)(H,23,26). The van der Waals surface area contributed by atoms with Crippen LogP contribution in [0, 0.1) is 0 Å². The van der Waals surface area contributed by atoms with Crippen molar-refractivity contribution >= 4 is 23.2 Å². The Labute approximate surface area is 163 Å². The van der Waals surface area contributed by atoms with Gasteiger partial charge in [-0.2, -0.15) is 0 Å². The van der Waals surface area contributed by atoms with Gasteiger partial charge in [-0.15, -0.1) is 11.3 Å². The summed E-state index contributed by atoms with van der Waals surface area (Å²) in [5, 5.41) is 16.0. The molecule has 1 fully saturated rings. The van der Waals surface area contributed by atoms with E-state index in [0.29, 0.717) is 0 Å². The summed E-state index contributed by atoms with van der Waals surface area (Å²) in [4.78, 5) is 25.9. The summed E-state index contributed by atoms with van der Waals surface area (Å²) >= 11 is 1.43. The van der Waals surface area contributed by atoms with Gasteiger partial charge in [-0.3, -0.25) is 9.59 Å². The Bertz CT molecular complexity index is 752. The van der Waals surface area contributed by atoms with Crippen molar-refractivity contribution in [2.24, 2.45) is 0 Å². The molecular weight excluding hydrogens is 360 g/mol. The highest BCUT2D eigenvalue weighted by Crippen LogP contribution is 2.28. The van der Waals surface area contributed by atoms with Gasteiger partial charge in [0.1, 0.15) is 6.10 Å². The lowest BCUT2D eigenvalue weighted by molar-refractivity contribution is -0.139. The monoisotopic (exact) mass is 386 g/mol. The largest absolute Gasteiger partial charge is 0.383 e. The predicted molar refractivity (Wildman–Crippen MR) is 106 cm³/mol. The van der Waals surface area contributed by atoms with Crippen LogP contribution in [0.25, 0.3) is 0 Å². The maximum absolute atomic E-state index is 12.1. The second-order valence-corrected chi connectivity index (χ2v) is 8.16. The van der Waals surface area contributed by atoms with Crippen molar-refractivity contribution in [3.05, 3.63) is 57.8 Å². The van der Waals surface area contributed by atoms with Crippen molar-refractivity contribution in [1.82, 2.24) is 10.6 Å². The first-order chi connectivity index (χ1) is 13.1. The highest BCUT2D eigenvalue weighted by molar-refractivity contribution is 7.12. The highest BCUT2D eigenvalue weighted by atomic mass is 32.1. The summed E-state index contributed by atoms with van der Waals surface area (Å²) in [6.45, 7) is 0.281. The molecule has 1 aliphatic carbocycles. The van der Waals surface area contributed by atoms with E-state index in [2.05, 4.69) is 10.6 Å². The van der Waals surface area contributed by atoms with E-state index < -0.39 is 17.9 Å². The van der Waals surface area contributed by atoms with E-state index in [9.17, 15) is 14.7 Å². The Hall–Kier alpha value is -2.18. The Kier molecular flexibility index (Phi) is 7.01. The molecule has 27 heavy (non-hydrogen) atoms. The molecular formula is C21H26N2O3S. The Morgan fingerprint density at radius 1 is 1.00 bits per heavy atom. The molecule has 1 unspecified atom stereocenters. The Balaban J connectivity index is 1.49. The summed E-state index contributed by atoms with van der Waals surface area (Å²) in [6.07, 6.45) is 5.83. The first-order valence-electron chi connectivity index (χ1n) is 9.54. The molecule has 0 saturated heterocycles. The van der Waals surface area contributed by atoms with Gasteiger partial charge >= 0.3 is 11.8 Å². The maximum atomic E-state index is 12.1. The molecule has 6 heteroatoms. The Morgan fingerprint density at radius 2 is 1.70 bits per heavy atom. The third-order valence-corrected chi connectivity index (χ3v) is 6.02. The number of thiophene rings is 1. The molecule has 3 rings (SSSR count). The molecule has 3 N–H and O–H groups in total. The van der Waals surface area contributed by atoms with Crippen LogP contribution in [0.15, 0.2) is 42.5 Å². The fourth-order valence-electron chi connectivity index (χ4n) is 3.36. The van der Waals surface area contributed by atoms with Crippen molar-refractivity contribution in [2.45, 2.75) is 57.2 Å². The van der Waals surface area contributed by atoms with Crippen molar-refractivity contribution < 1.29 is 14.7 Å². The lowest BCUT2D eigenvalue weighted by atomic mass is 10.1. The number of carbonyl (C=O) groups is 2. The van der Waals surface area contributed by atoms with Gasteiger partial charge in [0, 0.05) is 15.8 Å². The van der Waals surface area contributed by atoms with Crippen molar-refractivity contribution in [1.29, 1.82) is 0 Å². The van der Waals surface area contributed by atoms with E-state index in [1.165, 1.54) is 24.2 Å². The number of aliphatic hydroxyl groups excluding tert-OH is 1. The van der Waals surface area contributed by atoms with E-state index in [0.717, 1.165) is 41.0 Å². The van der Waals surface area contributed by atoms with Crippen molar-refractivity contribution in [3.8, 4) is 0 Å². The second-order valence-electron chi connectivity index (χ2n) is 6.96. The molecule has 1 aromatic heterocycles. The van der Waals surface area contributed by atoms with Gasteiger partial charge < -0.3 is 15.7 Å². The van der Waals surface area contributed by atoms with Crippen LogP contribution >= 0.6 is 11.3 Å². The number of amides is 2. The maximum Gasteiger partial charge on any atom is 0.309 e. The van der Waals surface area contributed by atoms with Crippen LogP contribution in [0.4, 0.5) is 0 Å².